The molecule has 2 aliphatic carbocycles. The number of hydrogen-bond acceptors (Lipinski definition) is 4. The Balaban J connectivity index is 1.56. The molecule has 2 aromatic rings. The zero-order chi connectivity index (χ0) is 19.4. The van der Waals surface area contributed by atoms with Gasteiger partial charge in [0.1, 0.15) is 10.5 Å². The van der Waals surface area contributed by atoms with E-state index in [0.717, 1.165) is 43.1 Å². The lowest BCUT2D eigenvalue weighted by Gasteiger charge is -2.60. The SMILES string of the molecule is CCOC1CC(NC(=O)c2sc3nc(C(F)(F)F)ccc3c2C)C12CCC2. The molecule has 0 aromatic carbocycles. The topological polar surface area (TPSA) is 51.2 Å². The molecule has 1 spiro atoms. The first-order valence-electron chi connectivity index (χ1n) is 9.16. The highest BCUT2D eigenvalue weighted by atomic mass is 32.1. The van der Waals surface area contributed by atoms with Gasteiger partial charge in [-0.1, -0.05) is 6.42 Å². The maximum atomic E-state index is 12.9. The van der Waals surface area contributed by atoms with Gasteiger partial charge in [-0.2, -0.15) is 13.2 Å². The number of rotatable bonds is 4. The molecule has 2 aliphatic rings. The number of hydrogen-bond donors (Lipinski definition) is 1. The number of thiophene rings is 1. The fourth-order valence-electron chi connectivity index (χ4n) is 4.34. The quantitative estimate of drug-likeness (QED) is 0.812. The highest BCUT2D eigenvalue weighted by Gasteiger charge is 2.59. The number of amides is 1. The number of carbonyl (C=O) groups is 1. The van der Waals surface area contributed by atoms with Crippen LogP contribution in [0.1, 0.15) is 53.5 Å². The average molecular weight is 398 g/mol. The van der Waals surface area contributed by atoms with Crippen LogP contribution in [0.5, 0.6) is 0 Å². The predicted molar refractivity (Wildman–Crippen MR) is 96.9 cm³/mol. The normalized spacial score (nSPS) is 23.9. The van der Waals surface area contributed by atoms with E-state index >= 15 is 0 Å². The second-order valence-electron chi connectivity index (χ2n) is 7.40. The van der Waals surface area contributed by atoms with Crippen LogP contribution < -0.4 is 5.32 Å². The molecule has 0 saturated heterocycles. The summed E-state index contributed by atoms with van der Waals surface area (Å²) in [5.41, 5.74) is -0.218. The van der Waals surface area contributed by atoms with Crippen LogP contribution in [0.25, 0.3) is 10.2 Å². The molecule has 2 saturated carbocycles. The summed E-state index contributed by atoms with van der Waals surface area (Å²) in [5, 5.41) is 3.70. The zero-order valence-electron chi connectivity index (χ0n) is 15.2. The van der Waals surface area contributed by atoms with Crippen molar-refractivity contribution in [2.75, 3.05) is 6.61 Å². The van der Waals surface area contributed by atoms with Crippen LogP contribution in [0.4, 0.5) is 13.2 Å². The van der Waals surface area contributed by atoms with Gasteiger partial charge >= 0.3 is 6.18 Å². The Bertz CT molecular complexity index is 889. The Kier molecular flexibility index (Phi) is 4.46. The van der Waals surface area contributed by atoms with Crippen LogP contribution in [0.3, 0.4) is 0 Å². The second kappa shape index (κ2) is 6.44. The molecule has 4 nitrogen and oxygen atoms in total. The van der Waals surface area contributed by atoms with E-state index in [2.05, 4.69) is 10.3 Å². The fourth-order valence-corrected chi connectivity index (χ4v) is 5.42. The number of fused-ring (bicyclic) bond motifs is 1. The molecule has 2 aromatic heterocycles. The maximum absolute atomic E-state index is 12.9. The first-order valence-corrected chi connectivity index (χ1v) is 9.97. The lowest BCUT2D eigenvalue weighted by atomic mass is 9.51. The summed E-state index contributed by atoms with van der Waals surface area (Å²) in [6.07, 6.45) is -0.274. The van der Waals surface area contributed by atoms with Gasteiger partial charge in [0, 0.05) is 23.4 Å². The first-order chi connectivity index (χ1) is 12.8. The second-order valence-corrected chi connectivity index (χ2v) is 8.39. The fraction of sp³-hybridized carbons (Fsp3) is 0.579. The van der Waals surface area contributed by atoms with Crippen LogP contribution in [0, 0.1) is 12.3 Å². The summed E-state index contributed by atoms with van der Waals surface area (Å²) in [4.78, 5) is 17.2. The third-order valence-corrected chi connectivity index (χ3v) is 7.24. The molecule has 2 fully saturated rings. The summed E-state index contributed by atoms with van der Waals surface area (Å²) < 4.78 is 44.5. The minimum atomic E-state index is -4.49. The van der Waals surface area contributed by atoms with Gasteiger partial charge < -0.3 is 10.1 Å². The molecule has 0 aliphatic heterocycles. The van der Waals surface area contributed by atoms with Crippen LogP contribution in [0.2, 0.25) is 0 Å². The van der Waals surface area contributed by atoms with E-state index in [-0.39, 0.29) is 28.3 Å². The van der Waals surface area contributed by atoms with E-state index in [4.69, 9.17) is 4.74 Å². The third-order valence-electron chi connectivity index (χ3n) is 6.04. The number of nitrogens with zero attached hydrogens (tertiary/aromatic N) is 1. The van der Waals surface area contributed by atoms with E-state index in [1.54, 1.807) is 6.92 Å². The minimum Gasteiger partial charge on any atom is -0.378 e. The van der Waals surface area contributed by atoms with Crippen molar-refractivity contribution < 1.29 is 22.7 Å². The van der Waals surface area contributed by atoms with Crippen molar-refractivity contribution in [2.45, 2.75) is 57.9 Å². The van der Waals surface area contributed by atoms with Crippen LogP contribution in [-0.4, -0.2) is 29.6 Å². The van der Waals surface area contributed by atoms with E-state index in [9.17, 15) is 18.0 Å². The number of pyridine rings is 1. The van der Waals surface area contributed by atoms with Gasteiger partial charge in [0.05, 0.1) is 11.0 Å². The Morgan fingerprint density at radius 3 is 2.74 bits per heavy atom. The van der Waals surface area contributed by atoms with E-state index in [0.29, 0.717) is 22.4 Å². The molecule has 27 heavy (non-hydrogen) atoms. The molecule has 1 amide bonds. The maximum Gasteiger partial charge on any atom is 0.433 e. The summed E-state index contributed by atoms with van der Waals surface area (Å²) in [5.74, 6) is -0.227. The number of ether oxygens (including phenoxy) is 1. The molecule has 2 heterocycles. The monoisotopic (exact) mass is 398 g/mol. The summed E-state index contributed by atoms with van der Waals surface area (Å²) in [6, 6.07) is 2.43. The first kappa shape index (κ1) is 18.7. The summed E-state index contributed by atoms with van der Waals surface area (Å²) in [6.45, 7) is 4.39. The molecule has 0 bridgehead atoms. The molecule has 146 valence electrons. The summed E-state index contributed by atoms with van der Waals surface area (Å²) in [7, 11) is 0. The lowest BCUT2D eigenvalue weighted by Crippen LogP contribution is -2.67. The van der Waals surface area contributed by atoms with Gasteiger partial charge in [0.2, 0.25) is 0 Å². The number of carbonyl (C=O) groups excluding carboxylic acids is 1. The van der Waals surface area contributed by atoms with Crippen molar-refractivity contribution in [3.8, 4) is 0 Å². The lowest BCUT2D eigenvalue weighted by molar-refractivity contribution is -0.169. The van der Waals surface area contributed by atoms with Crippen molar-refractivity contribution in [1.82, 2.24) is 10.3 Å². The molecule has 8 heteroatoms. The Hall–Kier alpha value is -1.67. The Morgan fingerprint density at radius 2 is 2.15 bits per heavy atom. The zero-order valence-corrected chi connectivity index (χ0v) is 16.0. The van der Waals surface area contributed by atoms with Crippen molar-refractivity contribution in [3.05, 3.63) is 28.3 Å². The van der Waals surface area contributed by atoms with Crippen molar-refractivity contribution in [1.29, 1.82) is 0 Å². The van der Waals surface area contributed by atoms with Gasteiger partial charge in [0.25, 0.3) is 5.91 Å². The number of alkyl halides is 3. The smallest absolute Gasteiger partial charge is 0.378 e. The Labute approximate surface area is 159 Å². The van der Waals surface area contributed by atoms with Gasteiger partial charge in [-0.3, -0.25) is 4.79 Å². The van der Waals surface area contributed by atoms with Crippen molar-refractivity contribution in [3.63, 3.8) is 0 Å². The molecular weight excluding hydrogens is 377 g/mol. The minimum absolute atomic E-state index is 0.0396. The highest BCUT2D eigenvalue weighted by molar-refractivity contribution is 7.20. The molecule has 4 rings (SSSR count). The Morgan fingerprint density at radius 1 is 1.41 bits per heavy atom. The van der Waals surface area contributed by atoms with Crippen LogP contribution >= 0.6 is 11.3 Å². The molecule has 0 radical (unpaired) electrons. The number of nitrogens with one attached hydrogen (secondary N) is 1. The van der Waals surface area contributed by atoms with Crippen molar-refractivity contribution in [2.24, 2.45) is 5.41 Å². The molecule has 1 N–H and O–H groups in total. The molecular formula is C19H21F3N2O2S. The van der Waals surface area contributed by atoms with E-state index in [1.165, 1.54) is 6.07 Å². The van der Waals surface area contributed by atoms with E-state index < -0.39 is 11.9 Å². The van der Waals surface area contributed by atoms with E-state index in [1.807, 2.05) is 6.92 Å². The standard InChI is InChI=1S/C19H21F3N2O2S/c1-3-26-14-9-13(18(14)7-4-8-18)23-16(25)15-10(2)11-5-6-12(19(20,21)22)24-17(11)27-15/h5-6,13-14H,3-4,7-9H2,1-2H3,(H,23,25). The van der Waals surface area contributed by atoms with Crippen LogP contribution in [0.15, 0.2) is 12.1 Å². The van der Waals surface area contributed by atoms with Gasteiger partial charge in [-0.25, -0.2) is 4.98 Å². The van der Waals surface area contributed by atoms with Crippen LogP contribution in [-0.2, 0) is 10.9 Å². The molecule has 2 unspecified atom stereocenters. The van der Waals surface area contributed by atoms with Crippen molar-refractivity contribution >= 4 is 27.5 Å². The summed E-state index contributed by atoms with van der Waals surface area (Å²) >= 11 is 1.02. The molecule has 2 atom stereocenters. The predicted octanol–water partition coefficient (Wildman–Crippen LogP) is 4.70. The van der Waals surface area contributed by atoms with Gasteiger partial charge in [0.15, 0.2) is 0 Å². The van der Waals surface area contributed by atoms with Gasteiger partial charge in [-0.15, -0.1) is 11.3 Å². The highest BCUT2D eigenvalue weighted by Crippen LogP contribution is 2.57. The largest absolute Gasteiger partial charge is 0.433 e. The average Bonchev–Trinajstić information content (AvgIpc) is 2.88. The number of aromatic nitrogens is 1. The number of aryl methyl sites for hydroxylation is 1. The third kappa shape index (κ3) is 2.93. The van der Waals surface area contributed by atoms with Gasteiger partial charge in [-0.05, 0) is 50.8 Å². The number of halogens is 3.